The molecule has 4 rings (SSSR count). The summed E-state index contributed by atoms with van der Waals surface area (Å²) in [7, 11) is 0. The number of nitrogens with zero attached hydrogens (tertiary/aromatic N) is 6. The highest BCUT2D eigenvalue weighted by Gasteiger charge is 2.11. The van der Waals surface area contributed by atoms with E-state index >= 15 is 0 Å². The summed E-state index contributed by atoms with van der Waals surface area (Å²) in [4.78, 5) is 21.0. The van der Waals surface area contributed by atoms with Crippen LogP contribution < -0.4 is 5.56 Å². The van der Waals surface area contributed by atoms with Crippen LogP contribution in [0.4, 0.5) is 0 Å². The summed E-state index contributed by atoms with van der Waals surface area (Å²) in [5.41, 5.74) is 1.21. The Labute approximate surface area is 143 Å². The fraction of sp³-hybridized carbons (Fsp3) is 0.143. The molecule has 0 N–H and O–H groups in total. The molecule has 0 saturated carbocycles. The number of hydrogen-bond donors (Lipinski definition) is 0. The van der Waals surface area contributed by atoms with E-state index in [1.807, 2.05) is 13.0 Å². The maximum Gasteiger partial charge on any atom is 0.277 e. The number of aromatic nitrogens is 6. The molecule has 4 aromatic rings. The normalized spacial score (nSPS) is 11.2. The average Bonchev–Trinajstić information content (AvgIpc) is 3.20. The molecular weight excluding hydrogens is 348 g/mol. The summed E-state index contributed by atoms with van der Waals surface area (Å²) in [6.07, 6.45) is 3.33. The Morgan fingerprint density at radius 1 is 1.38 bits per heavy atom. The molecule has 24 heavy (non-hydrogen) atoms. The zero-order valence-corrected chi connectivity index (χ0v) is 14.0. The van der Waals surface area contributed by atoms with Gasteiger partial charge in [-0.25, -0.2) is 4.98 Å². The van der Waals surface area contributed by atoms with Crippen molar-refractivity contribution in [2.24, 2.45) is 0 Å². The van der Waals surface area contributed by atoms with Gasteiger partial charge >= 0.3 is 0 Å². The average molecular weight is 358 g/mol. The summed E-state index contributed by atoms with van der Waals surface area (Å²) in [5.74, 6) is 0.865. The van der Waals surface area contributed by atoms with Gasteiger partial charge in [0.15, 0.2) is 0 Å². The van der Waals surface area contributed by atoms with Crippen molar-refractivity contribution < 1.29 is 4.42 Å². The van der Waals surface area contributed by atoms with Gasteiger partial charge in [0.1, 0.15) is 5.01 Å². The Kier molecular flexibility index (Phi) is 3.82. The van der Waals surface area contributed by atoms with Crippen LogP contribution in [0, 0.1) is 6.92 Å². The SMILES string of the molecule is Cc1nn2c(=O)cc(CSc3nnc(-c4cccnc4)o3)nc2s1. The van der Waals surface area contributed by atoms with Gasteiger partial charge in [0.05, 0.1) is 11.3 Å². The van der Waals surface area contributed by atoms with E-state index in [0.29, 0.717) is 27.5 Å². The fourth-order valence-electron chi connectivity index (χ4n) is 2.04. The molecule has 8 nitrogen and oxygen atoms in total. The van der Waals surface area contributed by atoms with Crippen molar-refractivity contribution in [1.82, 2.24) is 29.8 Å². The van der Waals surface area contributed by atoms with Crippen LogP contribution in [0.5, 0.6) is 0 Å². The van der Waals surface area contributed by atoms with Gasteiger partial charge in [-0.2, -0.15) is 9.61 Å². The highest BCUT2D eigenvalue weighted by atomic mass is 32.2. The second-order valence-electron chi connectivity index (χ2n) is 4.80. The Morgan fingerprint density at radius 2 is 2.29 bits per heavy atom. The summed E-state index contributed by atoms with van der Waals surface area (Å²) in [5, 5.41) is 13.3. The second kappa shape index (κ2) is 6.13. The zero-order chi connectivity index (χ0) is 16.5. The smallest absolute Gasteiger partial charge is 0.277 e. The minimum Gasteiger partial charge on any atom is -0.411 e. The van der Waals surface area contributed by atoms with E-state index in [9.17, 15) is 4.79 Å². The predicted molar refractivity (Wildman–Crippen MR) is 89.0 cm³/mol. The number of fused-ring (bicyclic) bond motifs is 1. The van der Waals surface area contributed by atoms with Gasteiger partial charge in [-0.1, -0.05) is 23.1 Å². The van der Waals surface area contributed by atoms with Crippen LogP contribution in [0.2, 0.25) is 0 Å². The predicted octanol–water partition coefficient (Wildman–Crippen LogP) is 2.20. The molecule has 0 spiro atoms. The minimum absolute atomic E-state index is 0.193. The first-order chi connectivity index (χ1) is 11.7. The van der Waals surface area contributed by atoms with Gasteiger partial charge in [-0.3, -0.25) is 9.78 Å². The number of hydrogen-bond acceptors (Lipinski definition) is 9. The van der Waals surface area contributed by atoms with Crippen molar-refractivity contribution in [2.75, 3.05) is 0 Å². The van der Waals surface area contributed by atoms with E-state index in [1.54, 1.807) is 18.5 Å². The molecule has 0 bridgehead atoms. The third-order valence-electron chi connectivity index (χ3n) is 3.06. The van der Waals surface area contributed by atoms with E-state index in [0.717, 1.165) is 10.6 Å². The van der Waals surface area contributed by atoms with Crippen LogP contribution >= 0.6 is 23.1 Å². The Hall–Kier alpha value is -2.59. The first-order valence-corrected chi connectivity index (χ1v) is 8.72. The molecule has 0 aliphatic rings. The number of thioether (sulfide) groups is 1. The first-order valence-electron chi connectivity index (χ1n) is 6.92. The lowest BCUT2D eigenvalue weighted by Crippen LogP contribution is -2.15. The third-order valence-corrected chi connectivity index (χ3v) is 4.73. The van der Waals surface area contributed by atoms with Crippen molar-refractivity contribution in [3.05, 3.63) is 51.6 Å². The molecule has 4 aromatic heterocycles. The quantitative estimate of drug-likeness (QED) is 0.512. The maximum atomic E-state index is 12.0. The third kappa shape index (κ3) is 2.93. The van der Waals surface area contributed by atoms with Gasteiger partial charge in [-0.05, 0) is 19.1 Å². The fourth-order valence-corrected chi connectivity index (χ4v) is 3.46. The lowest BCUT2D eigenvalue weighted by molar-refractivity contribution is 0.465. The molecule has 0 unspecified atom stereocenters. The molecule has 10 heteroatoms. The Morgan fingerprint density at radius 3 is 3.12 bits per heavy atom. The van der Waals surface area contributed by atoms with Gasteiger partial charge in [0.2, 0.25) is 10.9 Å². The number of pyridine rings is 1. The van der Waals surface area contributed by atoms with Crippen LogP contribution in [-0.2, 0) is 5.75 Å². The van der Waals surface area contributed by atoms with Gasteiger partial charge < -0.3 is 4.42 Å². The van der Waals surface area contributed by atoms with Crippen LogP contribution in [0.1, 0.15) is 10.7 Å². The van der Waals surface area contributed by atoms with Crippen LogP contribution in [0.3, 0.4) is 0 Å². The van der Waals surface area contributed by atoms with E-state index in [4.69, 9.17) is 4.42 Å². The van der Waals surface area contributed by atoms with Gasteiger partial charge in [-0.15, -0.1) is 10.2 Å². The van der Waals surface area contributed by atoms with Crippen molar-refractivity contribution in [3.8, 4) is 11.5 Å². The van der Waals surface area contributed by atoms with E-state index < -0.39 is 0 Å². The highest BCUT2D eigenvalue weighted by Crippen LogP contribution is 2.24. The van der Waals surface area contributed by atoms with Crippen molar-refractivity contribution in [2.45, 2.75) is 17.9 Å². The van der Waals surface area contributed by atoms with E-state index in [-0.39, 0.29) is 5.56 Å². The largest absolute Gasteiger partial charge is 0.411 e. The molecule has 0 fully saturated rings. The van der Waals surface area contributed by atoms with E-state index in [2.05, 4.69) is 25.3 Å². The van der Waals surface area contributed by atoms with Crippen molar-refractivity contribution in [3.63, 3.8) is 0 Å². The molecule has 0 amide bonds. The number of rotatable bonds is 4. The minimum atomic E-state index is -0.193. The number of aryl methyl sites for hydroxylation is 1. The standard InChI is InChI=1S/C14H10N6O2S2/c1-8-19-20-11(21)5-10(16-13(20)24-8)7-23-14-18-17-12(22-14)9-3-2-4-15-6-9/h2-6H,7H2,1H3. The van der Waals surface area contributed by atoms with Gasteiger partial charge in [0, 0.05) is 24.2 Å². The molecule has 0 radical (unpaired) electrons. The molecule has 4 heterocycles. The highest BCUT2D eigenvalue weighted by molar-refractivity contribution is 7.98. The topological polar surface area (TPSA) is 99.1 Å². The Bertz CT molecular complexity index is 1060. The lowest BCUT2D eigenvalue weighted by atomic mass is 10.3. The van der Waals surface area contributed by atoms with Gasteiger partial charge in [0.25, 0.3) is 10.8 Å². The first kappa shape index (κ1) is 15.0. The molecular formula is C14H10N6O2S2. The monoisotopic (exact) mass is 358 g/mol. The molecule has 120 valence electrons. The van der Waals surface area contributed by atoms with Crippen LogP contribution in [0.15, 0.2) is 45.0 Å². The summed E-state index contributed by atoms with van der Waals surface area (Å²) in [6.45, 7) is 1.84. The van der Waals surface area contributed by atoms with Crippen LogP contribution in [-0.4, -0.2) is 29.8 Å². The lowest BCUT2D eigenvalue weighted by Gasteiger charge is -1.97. The summed E-state index contributed by atoms with van der Waals surface area (Å²) >= 11 is 2.70. The van der Waals surface area contributed by atoms with Crippen molar-refractivity contribution >= 4 is 28.1 Å². The molecule has 0 aliphatic carbocycles. The van der Waals surface area contributed by atoms with E-state index in [1.165, 1.54) is 33.7 Å². The molecule has 0 saturated heterocycles. The summed E-state index contributed by atoms with van der Waals surface area (Å²) < 4.78 is 6.90. The maximum absolute atomic E-state index is 12.0. The molecule has 0 aromatic carbocycles. The molecule has 0 atom stereocenters. The van der Waals surface area contributed by atoms with Crippen LogP contribution in [0.25, 0.3) is 16.4 Å². The van der Waals surface area contributed by atoms with Crippen molar-refractivity contribution in [1.29, 1.82) is 0 Å². The summed E-state index contributed by atoms with van der Waals surface area (Å²) in [6, 6.07) is 5.12. The second-order valence-corrected chi connectivity index (χ2v) is 6.89. The Balaban J connectivity index is 1.53. The molecule has 0 aliphatic heterocycles. The zero-order valence-electron chi connectivity index (χ0n) is 12.4.